The van der Waals surface area contributed by atoms with Gasteiger partial charge in [-0.1, -0.05) is 58.0 Å². The molecule has 25 heavy (non-hydrogen) atoms. The lowest BCUT2D eigenvalue weighted by Gasteiger charge is -2.52. The minimum absolute atomic E-state index is 0.00740. The van der Waals surface area contributed by atoms with Crippen LogP contribution in [0.2, 0.25) is 0 Å². The van der Waals surface area contributed by atoms with E-state index in [1.165, 1.54) is 22.4 Å². The van der Waals surface area contributed by atoms with Crippen LogP contribution < -0.4 is 9.80 Å². The van der Waals surface area contributed by atoms with Crippen LogP contribution in [0, 0.1) is 5.92 Å². The molecule has 2 aromatic carbocycles. The number of rotatable bonds is 2. The minimum atomic E-state index is 0.00740. The highest BCUT2D eigenvalue weighted by molar-refractivity contribution is 5.62. The molecule has 3 heteroatoms. The highest BCUT2D eigenvalue weighted by Crippen LogP contribution is 2.55. The molecule has 0 amide bonds. The van der Waals surface area contributed by atoms with Gasteiger partial charge in [-0.25, -0.2) is 5.06 Å². The first kappa shape index (κ1) is 16.5. The van der Waals surface area contributed by atoms with Crippen molar-refractivity contribution in [2.45, 2.75) is 45.1 Å². The van der Waals surface area contributed by atoms with Crippen molar-refractivity contribution in [1.29, 1.82) is 0 Å². The molecule has 3 nitrogen and oxygen atoms in total. The maximum absolute atomic E-state index is 6.13. The van der Waals surface area contributed by atoms with Crippen LogP contribution in [0.1, 0.15) is 56.3 Å². The Balaban J connectivity index is 1.92. The molecule has 2 aliphatic rings. The number of benzene rings is 2. The first-order chi connectivity index (χ1) is 11.9. The molecule has 2 atom stereocenters. The summed E-state index contributed by atoms with van der Waals surface area (Å²) in [5, 5.41) is 2.09. The van der Waals surface area contributed by atoms with E-state index in [0.717, 1.165) is 5.75 Å². The van der Waals surface area contributed by atoms with E-state index in [1.807, 2.05) is 6.07 Å². The smallest absolute Gasteiger partial charge is 0.124 e. The number of anilines is 1. The first-order valence-corrected chi connectivity index (χ1v) is 9.14. The van der Waals surface area contributed by atoms with Gasteiger partial charge < -0.3 is 4.74 Å². The Morgan fingerprint density at radius 2 is 1.92 bits per heavy atom. The molecule has 0 radical (unpaired) electrons. The molecule has 0 bridgehead atoms. The van der Waals surface area contributed by atoms with Crippen molar-refractivity contribution in [3.05, 3.63) is 59.2 Å². The van der Waals surface area contributed by atoms with E-state index in [4.69, 9.17) is 9.57 Å². The highest BCUT2D eigenvalue weighted by atomic mass is 16.7. The quantitative estimate of drug-likeness (QED) is 0.750. The Morgan fingerprint density at radius 1 is 1.16 bits per heavy atom. The Morgan fingerprint density at radius 3 is 2.64 bits per heavy atom. The SMILES string of the molecule is CON1c2ccc(C(C)C)cc2C(C)(C)[C@H]2COc3ccccc3[C@H]21. The van der Waals surface area contributed by atoms with Crippen LogP contribution >= 0.6 is 0 Å². The molecule has 0 saturated heterocycles. The molecule has 2 aliphatic heterocycles. The second-order valence-electron chi connectivity index (χ2n) is 8.06. The summed E-state index contributed by atoms with van der Waals surface area (Å²) in [7, 11) is 1.77. The number of hydrogen-bond acceptors (Lipinski definition) is 3. The van der Waals surface area contributed by atoms with Crippen LogP contribution in [-0.4, -0.2) is 13.7 Å². The second-order valence-corrected chi connectivity index (χ2v) is 8.06. The Kier molecular flexibility index (Phi) is 3.80. The molecule has 2 heterocycles. The van der Waals surface area contributed by atoms with Crippen molar-refractivity contribution < 1.29 is 9.57 Å². The van der Waals surface area contributed by atoms with Crippen molar-refractivity contribution in [2.24, 2.45) is 5.92 Å². The molecule has 0 N–H and O–H groups in total. The summed E-state index contributed by atoms with van der Waals surface area (Å²) in [4.78, 5) is 5.92. The van der Waals surface area contributed by atoms with Crippen LogP contribution in [0.4, 0.5) is 5.69 Å². The van der Waals surface area contributed by atoms with E-state index in [9.17, 15) is 0 Å². The molecule has 2 aromatic rings. The second kappa shape index (κ2) is 5.77. The van der Waals surface area contributed by atoms with E-state index >= 15 is 0 Å². The third-order valence-corrected chi connectivity index (χ3v) is 6.03. The van der Waals surface area contributed by atoms with E-state index in [0.29, 0.717) is 18.4 Å². The van der Waals surface area contributed by atoms with E-state index in [2.05, 4.69) is 69.2 Å². The van der Waals surface area contributed by atoms with Crippen molar-refractivity contribution in [1.82, 2.24) is 0 Å². The number of para-hydroxylation sites is 1. The van der Waals surface area contributed by atoms with Crippen LogP contribution in [0.15, 0.2) is 42.5 Å². The molecular formula is C22H27NO2. The largest absolute Gasteiger partial charge is 0.493 e. The monoisotopic (exact) mass is 337 g/mol. The van der Waals surface area contributed by atoms with E-state index in [-0.39, 0.29) is 11.5 Å². The van der Waals surface area contributed by atoms with Gasteiger partial charge >= 0.3 is 0 Å². The molecule has 0 spiro atoms. The van der Waals surface area contributed by atoms with Crippen LogP contribution in [0.25, 0.3) is 0 Å². The summed E-state index contributed by atoms with van der Waals surface area (Å²) in [5.74, 6) is 1.82. The van der Waals surface area contributed by atoms with Gasteiger partial charge in [-0.15, -0.1) is 0 Å². The third-order valence-electron chi connectivity index (χ3n) is 6.03. The van der Waals surface area contributed by atoms with Gasteiger partial charge in [-0.3, -0.25) is 4.84 Å². The molecule has 0 saturated carbocycles. The molecule has 0 fully saturated rings. The van der Waals surface area contributed by atoms with Crippen LogP contribution in [0.5, 0.6) is 5.75 Å². The van der Waals surface area contributed by atoms with E-state index < -0.39 is 0 Å². The summed E-state index contributed by atoms with van der Waals surface area (Å²) < 4.78 is 6.13. The third kappa shape index (κ3) is 2.36. The topological polar surface area (TPSA) is 21.7 Å². The lowest BCUT2D eigenvalue weighted by atomic mass is 9.64. The summed E-state index contributed by atoms with van der Waals surface area (Å²) >= 11 is 0. The normalized spacial score (nSPS) is 23.5. The lowest BCUT2D eigenvalue weighted by molar-refractivity contribution is 0.0441. The number of ether oxygens (including phenoxy) is 1. The van der Waals surface area contributed by atoms with Gasteiger partial charge in [0.1, 0.15) is 5.75 Å². The zero-order valence-corrected chi connectivity index (χ0v) is 15.7. The average molecular weight is 337 g/mol. The zero-order chi connectivity index (χ0) is 17.8. The van der Waals surface area contributed by atoms with Gasteiger partial charge in [0.05, 0.1) is 25.4 Å². The fraction of sp³-hybridized carbons (Fsp3) is 0.455. The van der Waals surface area contributed by atoms with Gasteiger partial charge in [0.2, 0.25) is 0 Å². The van der Waals surface area contributed by atoms with Crippen LogP contribution in [0.3, 0.4) is 0 Å². The van der Waals surface area contributed by atoms with Crippen molar-refractivity contribution in [3.8, 4) is 5.75 Å². The van der Waals surface area contributed by atoms with Gasteiger partial charge in [0.15, 0.2) is 0 Å². The van der Waals surface area contributed by atoms with Gasteiger partial charge in [-0.05, 0) is 29.2 Å². The Hall–Kier alpha value is -2.00. The fourth-order valence-corrected chi connectivity index (χ4v) is 4.42. The standard InChI is InChI=1S/C22H27NO2/c1-14(2)15-10-11-19-17(12-15)22(3,4)18-13-25-20-9-7-6-8-16(20)21(18)23(19)24-5/h6-12,14,18,21H,13H2,1-5H3/t18-,21+/m0/s1. The first-order valence-electron chi connectivity index (χ1n) is 9.14. The van der Waals surface area contributed by atoms with E-state index in [1.54, 1.807) is 7.11 Å². The summed E-state index contributed by atoms with van der Waals surface area (Å²) in [5.41, 5.74) is 5.12. The van der Waals surface area contributed by atoms with Gasteiger partial charge in [0, 0.05) is 16.9 Å². The van der Waals surface area contributed by atoms with Crippen molar-refractivity contribution >= 4 is 5.69 Å². The maximum atomic E-state index is 6.13. The summed E-state index contributed by atoms with van der Waals surface area (Å²) in [6.07, 6.45) is 0. The Bertz CT molecular complexity index is 796. The minimum Gasteiger partial charge on any atom is -0.493 e. The fourth-order valence-electron chi connectivity index (χ4n) is 4.42. The molecule has 0 aromatic heterocycles. The number of fused-ring (bicyclic) bond motifs is 4. The van der Waals surface area contributed by atoms with Gasteiger partial charge in [0.25, 0.3) is 0 Å². The average Bonchev–Trinajstić information content (AvgIpc) is 2.61. The van der Waals surface area contributed by atoms with Crippen molar-refractivity contribution in [3.63, 3.8) is 0 Å². The van der Waals surface area contributed by atoms with Crippen LogP contribution in [-0.2, 0) is 10.3 Å². The number of hydrogen-bond donors (Lipinski definition) is 0. The van der Waals surface area contributed by atoms with Crippen molar-refractivity contribution in [2.75, 3.05) is 18.8 Å². The predicted octanol–water partition coefficient (Wildman–Crippen LogP) is 5.22. The molecule has 0 aliphatic carbocycles. The maximum Gasteiger partial charge on any atom is 0.124 e. The lowest BCUT2D eigenvalue weighted by Crippen LogP contribution is -2.51. The zero-order valence-electron chi connectivity index (χ0n) is 15.7. The molecule has 4 rings (SSSR count). The molecular weight excluding hydrogens is 310 g/mol. The molecule has 132 valence electrons. The summed E-state index contributed by atoms with van der Waals surface area (Å²) in [6.45, 7) is 9.89. The predicted molar refractivity (Wildman–Crippen MR) is 101 cm³/mol. The number of hydroxylamine groups is 1. The van der Waals surface area contributed by atoms with Gasteiger partial charge in [-0.2, -0.15) is 0 Å². The highest BCUT2D eigenvalue weighted by Gasteiger charge is 2.50. The number of nitrogens with zero attached hydrogens (tertiary/aromatic N) is 1. The Labute approximate surface area is 150 Å². The molecule has 0 unspecified atom stereocenters. The summed E-state index contributed by atoms with van der Waals surface area (Å²) in [6, 6.07) is 15.3.